The summed E-state index contributed by atoms with van der Waals surface area (Å²) in [6.07, 6.45) is 5.55. The van der Waals surface area contributed by atoms with E-state index in [4.69, 9.17) is 0 Å². The zero-order chi connectivity index (χ0) is 13.6. The summed E-state index contributed by atoms with van der Waals surface area (Å²) in [5.74, 6) is 0.0189. The third-order valence-electron chi connectivity index (χ3n) is 4.47. The number of piperazine rings is 1. The highest BCUT2D eigenvalue weighted by Crippen LogP contribution is 2.37. The van der Waals surface area contributed by atoms with Crippen molar-refractivity contribution >= 4 is 11.8 Å². The topological polar surface area (TPSA) is 49.4 Å². The van der Waals surface area contributed by atoms with Crippen molar-refractivity contribution in [3.05, 3.63) is 0 Å². The van der Waals surface area contributed by atoms with E-state index in [0.29, 0.717) is 0 Å². The van der Waals surface area contributed by atoms with E-state index in [2.05, 4.69) is 12.2 Å². The summed E-state index contributed by atoms with van der Waals surface area (Å²) in [7, 11) is 0. The fourth-order valence-corrected chi connectivity index (χ4v) is 3.33. The van der Waals surface area contributed by atoms with Gasteiger partial charge < -0.3 is 10.2 Å². The molecule has 1 aliphatic carbocycles. The molecule has 18 heavy (non-hydrogen) atoms. The van der Waals surface area contributed by atoms with Gasteiger partial charge in [-0.3, -0.25) is 9.59 Å². The van der Waals surface area contributed by atoms with Gasteiger partial charge in [-0.2, -0.15) is 0 Å². The number of hydrogen-bond donors (Lipinski definition) is 1. The molecule has 1 saturated carbocycles. The average Bonchev–Trinajstić information content (AvgIpc) is 2.27. The van der Waals surface area contributed by atoms with Crippen LogP contribution < -0.4 is 5.32 Å². The molecular weight excluding hydrogens is 228 g/mol. The van der Waals surface area contributed by atoms with Gasteiger partial charge in [0, 0.05) is 5.54 Å². The SMILES string of the molecule is CC1C(=O)NC(C)(C)C(=O)N1C1(C)CCCCC1. The van der Waals surface area contributed by atoms with Crippen molar-refractivity contribution in [1.29, 1.82) is 0 Å². The molecule has 1 unspecified atom stereocenters. The summed E-state index contributed by atoms with van der Waals surface area (Å²) in [4.78, 5) is 26.5. The van der Waals surface area contributed by atoms with E-state index in [0.717, 1.165) is 25.7 Å². The standard InChI is InChI=1S/C14H24N2O2/c1-10-11(17)15-13(2,3)12(18)16(10)14(4)8-6-5-7-9-14/h10H,5-9H2,1-4H3,(H,15,17). The number of nitrogens with one attached hydrogen (secondary N) is 1. The molecule has 4 nitrogen and oxygen atoms in total. The quantitative estimate of drug-likeness (QED) is 0.774. The van der Waals surface area contributed by atoms with Crippen LogP contribution in [0.4, 0.5) is 0 Å². The Bertz CT molecular complexity index is 370. The molecule has 1 N–H and O–H groups in total. The van der Waals surface area contributed by atoms with Crippen LogP contribution in [0, 0.1) is 0 Å². The van der Waals surface area contributed by atoms with E-state index in [9.17, 15) is 9.59 Å². The molecule has 1 heterocycles. The summed E-state index contributed by atoms with van der Waals surface area (Å²) >= 11 is 0. The van der Waals surface area contributed by atoms with Gasteiger partial charge in [0.2, 0.25) is 11.8 Å². The second-order valence-electron chi connectivity index (χ2n) is 6.52. The molecule has 0 aromatic rings. The number of carbonyl (C=O) groups is 2. The fraction of sp³-hybridized carbons (Fsp3) is 0.857. The molecule has 2 aliphatic rings. The van der Waals surface area contributed by atoms with Crippen molar-refractivity contribution < 1.29 is 9.59 Å². The predicted molar refractivity (Wildman–Crippen MR) is 70.0 cm³/mol. The van der Waals surface area contributed by atoms with Crippen molar-refractivity contribution in [2.75, 3.05) is 0 Å². The monoisotopic (exact) mass is 252 g/mol. The molecule has 2 rings (SSSR count). The highest BCUT2D eigenvalue weighted by atomic mass is 16.2. The lowest BCUT2D eigenvalue weighted by Crippen LogP contribution is -2.72. The zero-order valence-electron chi connectivity index (χ0n) is 11.9. The third kappa shape index (κ3) is 2.02. The Labute approximate surface area is 109 Å². The normalized spacial score (nSPS) is 31.1. The minimum Gasteiger partial charge on any atom is -0.340 e. The first-order valence-corrected chi connectivity index (χ1v) is 6.94. The molecule has 2 amide bonds. The summed E-state index contributed by atoms with van der Waals surface area (Å²) in [5, 5.41) is 2.81. The first-order valence-electron chi connectivity index (χ1n) is 6.94. The smallest absolute Gasteiger partial charge is 0.248 e. The molecule has 0 aromatic heterocycles. The van der Waals surface area contributed by atoms with Crippen LogP contribution in [-0.4, -0.2) is 33.8 Å². The van der Waals surface area contributed by atoms with Crippen LogP contribution in [0.3, 0.4) is 0 Å². The third-order valence-corrected chi connectivity index (χ3v) is 4.47. The van der Waals surface area contributed by atoms with Gasteiger partial charge in [-0.25, -0.2) is 0 Å². The van der Waals surface area contributed by atoms with Crippen molar-refractivity contribution in [1.82, 2.24) is 10.2 Å². The zero-order valence-corrected chi connectivity index (χ0v) is 11.9. The van der Waals surface area contributed by atoms with Crippen LogP contribution in [0.1, 0.15) is 59.8 Å². The Morgan fingerprint density at radius 1 is 1.11 bits per heavy atom. The summed E-state index contributed by atoms with van der Waals surface area (Å²) in [6.45, 7) is 7.55. The Morgan fingerprint density at radius 2 is 1.67 bits per heavy atom. The lowest BCUT2D eigenvalue weighted by Gasteiger charge is -2.52. The summed E-state index contributed by atoms with van der Waals surface area (Å²) in [6, 6.07) is -0.353. The maximum absolute atomic E-state index is 12.6. The number of carbonyl (C=O) groups excluding carboxylic acids is 2. The lowest BCUT2D eigenvalue weighted by atomic mass is 9.79. The van der Waals surface area contributed by atoms with E-state index in [-0.39, 0.29) is 23.4 Å². The molecular formula is C14H24N2O2. The fourth-order valence-electron chi connectivity index (χ4n) is 3.33. The van der Waals surface area contributed by atoms with E-state index in [1.807, 2.05) is 11.8 Å². The van der Waals surface area contributed by atoms with Crippen LogP contribution >= 0.6 is 0 Å². The largest absolute Gasteiger partial charge is 0.340 e. The highest BCUT2D eigenvalue weighted by Gasteiger charge is 2.50. The van der Waals surface area contributed by atoms with E-state index >= 15 is 0 Å². The first-order chi connectivity index (χ1) is 8.28. The van der Waals surface area contributed by atoms with Crippen LogP contribution in [0.15, 0.2) is 0 Å². The van der Waals surface area contributed by atoms with Gasteiger partial charge in [0.25, 0.3) is 0 Å². The minimum absolute atomic E-state index is 0.0357. The van der Waals surface area contributed by atoms with Crippen LogP contribution in [0.25, 0.3) is 0 Å². The number of hydrogen-bond acceptors (Lipinski definition) is 2. The van der Waals surface area contributed by atoms with Crippen molar-refractivity contribution in [2.45, 2.75) is 76.9 Å². The van der Waals surface area contributed by atoms with Crippen LogP contribution in [-0.2, 0) is 9.59 Å². The number of nitrogens with zero attached hydrogens (tertiary/aromatic N) is 1. The van der Waals surface area contributed by atoms with Gasteiger partial charge in [0.05, 0.1) is 0 Å². The Hall–Kier alpha value is -1.06. The van der Waals surface area contributed by atoms with E-state index in [1.54, 1.807) is 13.8 Å². The maximum Gasteiger partial charge on any atom is 0.248 e. The number of amides is 2. The van der Waals surface area contributed by atoms with Gasteiger partial charge >= 0.3 is 0 Å². The van der Waals surface area contributed by atoms with Gasteiger partial charge in [-0.1, -0.05) is 19.3 Å². The van der Waals surface area contributed by atoms with Gasteiger partial charge in [-0.05, 0) is 40.5 Å². The molecule has 1 atom stereocenters. The van der Waals surface area contributed by atoms with Gasteiger partial charge in [0.15, 0.2) is 0 Å². The van der Waals surface area contributed by atoms with Crippen LogP contribution in [0.5, 0.6) is 0 Å². The molecule has 0 bridgehead atoms. The molecule has 0 spiro atoms. The Morgan fingerprint density at radius 3 is 2.22 bits per heavy atom. The van der Waals surface area contributed by atoms with Crippen LogP contribution in [0.2, 0.25) is 0 Å². The molecule has 1 saturated heterocycles. The maximum atomic E-state index is 12.6. The first kappa shape index (κ1) is 13.4. The molecule has 4 heteroatoms. The lowest BCUT2D eigenvalue weighted by molar-refractivity contribution is -0.161. The van der Waals surface area contributed by atoms with Gasteiger partial charge in [0.1, 0.15) is 11.6 Å². The van der Waals surface area contributed by atoms with E-state index < -0.39 is 5.54 Å². The second kappa shape index (κ2) is 4.25. The van der Waals surface area contributed by atoms with Gasteiger partial charge in [-0.15, -0.1) is 0 Å². The summed E-state index contributed by atoms with van der Waals surface area (Å²) < 4.78 is 0. The molecule has 0 radical (unpaired) electrons. The van der Waals surface area contributed by atoms with E-state index in [1.165, 1.54) is 6.42 Å². The number of rotatable bonds is 1. The highest BCUT2D eigenvalue weighted by molar-refractivity contribution is 5.99. The molecule has 1 aliphatic heterocycles. The average molecular weight is 252 g/mol. The van der Waals surface area contributed by atoms with Crippen molar-refractivity contribution in [2.24, 2.45) is 0 Å². The molecule has 102 valence electrons. The summed E-state index contributed by atoms with van der Waals surface area (Å²) in [5.41, 5.74) is -0.923. The molecule has 0 aromatic carbocycles. The predicted octanol–water partition coefficient (Wildman–Crippen LogP) is 1.83. The minimum atomic E-state index is -0.774. The van der Waals surface area contributed by atoms with Crippen molar-refractivity contribution in [3.8, 4) is 0 Å². The molecule has 2 fully saturated rings. The Kier molecular flexibility index (Phi) is 3.16. The second-order valence-corrected chi connectivity index (χ2v) is 6.52. The van der Waals surface area contributed by atoms with Crippen molar-refractivity contribution in [3.63, 3.8) is 0 Å². The Balaban J connectivity index is 2.33.